The lowest BCUT2D eigenvalue weighted by atomic mass is 10.1. The van der Waals surface area contributed by atoms with Gasteiger partial charge in [-0.3, -0.25) is 4.98 Å². The minimum absolute atomic E-state index is 0.0813. The number of hydrogen-bond acceptors (Lipinski definition) is 4. The van der Waals surface area contributed by atoms with Gasteiger partial charge < -0.3 is 9.47 Å². The fourth-order valence-corrected chi connectivity index (χ4v) is 2.05. The first-order valence-electron chi connectivity index (χ1n) is 9.41. The normalized spacial score (nSPS) is 18.7. The minimum atomic E-state index is -3.02. The molecular weight excluding hydrogens is 334 g/mol. The van der Waals surface area contributed by atoms with Crippen molar-refractivity contribution in [2.75, 3.05) is 13.6 Å². The van der Waals surface area contributed by atoms with E-state index in [1.54, 1.807) is 0 Å². The molecule has 1 heterocycles. The molecule has 0 bridgehead atoms. The van der Waals surface area contributed by atoms with Crippen LogP contribution in [0.3, 0.4) is 0 Å². The third kappa shape index (κ3) is 2.53. The Bertz CT molecular complexity index is 967. The number of carbonyl (C=O) groups is 1. The highest BCUT2D eigenvalue weighted by Crippen LogP contribution is 2.37. The molecule has 0 spiro atoms. The molecule has 0 aliphatic carbocycles. The van der Waals surface area contributed by atoms with E-state index < -0.39 is 61.1 Å². The molecular formula is C13H11BrClNO3. The number of carbonyl (C=O) groups excluding carboxylic acids is 1. The average molecular weight is 354 g/mol. The lowest BCUT2D eigenvalue weighted by Crippen LogP contribution is -2.06. The van der Waals surface area contributed by atoms with Crippen molar-refractivity contribution in [3.05, 3.63) is 33.3 Å². The largest absolute Gasteiger partial charge is 0.496 e. The van der Waals surface area contributed by atoms with Crippen LogP contribution in [0.1, 0.15) is 29.6 Å². The van der Waals surface area contributed by atoms with E-state index in [-0.39, 0.29) is 15.4 Å². The number of pyridine rings is 1. The summed E-state index contributed by atoms with van der Waals surface area (Å²) >= 11 is 9.21. The van der Waals surface area contributed by atoms with Gasteiger partial charge in [-0.2, -0.15) is 0 Å². The Morgan fingerprint density at radius 3 is 3.26 bits per heavy atom. The van der Waals surface area contributed by atoms with Crippen molar-refractivity contribution < 1.29 is 26.6 Å². The highest BCUT2D eigenvalue weighted by molar-refractivity contribution is 9.10. The Morgan fingerprint density at radius 1 is 1.68 bits per heavy atom. The van der Waals surface area contributed by atoms with Crippen molar-refractivity contribution in [2.45, 2.75) is 6.90 Å². The van der Waals surface area contributed by atoms with Crippen LogP contribution < -0.4 is 4.74 Å². The fraction of sp³-hybridized carbons (Fsp3) is 0.231. The second kappa shape index (κ2) is 5.75. The van der Waals surface area contributed by atoms with Gasteiger partial charge in [0.05, 0.1) is 46.1 Å². The first kappa shape index (κ1) is 6.41. The van der Waals surface area contributed by atoms with E-state index in [2.05, 4.69) is 25.7 Å². The number of esters is 1. The highest BCUT2D eigenvalue weighted by atomic mass is 79.9. The molecule has 0 saturated carbocycles. The molecule has 0 saturated heterocycles. The van der Waals surface area contributed by atoms with Gasteiger partial charge in [0.15, 0.2) is 0 Å². The van der Waals surface area contributed by atoms with Crippen LogP contribution >= 0.6 is 27.5 Å². The summed E-state index contributed by atoms with van der Waals surface area (Å²) in [5.41, 5.74) is -0.902. The van der Waals surface area contributed by atoms with E-state index >= 15 is 0 Å². The lowest BCUT2D eigenvalue weighted by molar-refractivity contribution is 0.0526. The summed E-state index contributed by atoms with van der Waals surface area (Å²) in [5, 5.41) is -0.894. The van der Waals surface area contributed by atoms with Crippen LogP contribution in [0.2, 0.25) is 5.02 Å². The second-order valence-electron chi connectivity index (χ2n) is 3.17. The van der Waals surface area contributed by atoms with E-state index in [0.717, 1.165) is 0 Å². The van der Waals surface area contributed by atoms with Gasteiger partial charge in [0, 0.05) is 12.0 Å². The third-order valence-corrected chi connectivity index (χ3v) is 3.10. The summed E-state index contributed by atoms with van der Waals surface area (Å²) in [7, 11) is -3.02. The molecule has 0 radical (unpaired) electrons. The number of ether oxygens (including phenoxy) is 2. The van der Waals surface area contributed by atoms with Crippen LogP contribution in [0.25, 0.3) is 10.9 Å². The molecule has 2 rings (SSSR count). The van der Waals surface area contributed by atoms with E-state index in [1.807, 2.05) is 0 Å². The summed E-state index contributed by atoms with van der Waals surface area (Å²) in [6.45, 7) is -3.57. The molecule has 0 fully saturated rings. The Hall–Kier alpha value is -1.33. The van der Waals surface area contributed by atoms with E-state index in [4.69, 9.17) is 28.7 Å². The summed E-state index contributed by atoms with van der Waals surface area (Å²) < 4.78 is 76.5. The zero-order valence-corrected chi connectivity index (χ0v) is 11.5. The molecule has 0 amide bonds. The number of rotatable bonds is 3. The Kier molecular flexibility index (Phi) is 1.94. The topological polar surface area (TPSA) is 48.4 Å². The van der Waals surface area contributed by atoms with Crippen LogP contribution in [0.5, 0.6) is 5.75 Å². The van der Waals surface area contributed by atoms with Crippen molar-refractivity contribution in [3.8, 4) is 5.75 Å². The van der Waals surface area contributed by atoms with Gasteiger partial charge in [-0.15, -0.1) is 0 Å². The Labute approximate surface area is 136 Å². The van der Waals surface area contributed by atoms with E-state index in [0.29, 0.717) is 0 Å². The molecule has 100 valence electrons. The SMILES string of the molecule is [2H]CC([2H])([2H])OC(=O)c1c([2H])nc2c(Br)c([2H])c([2H])c(OC([2H])([2H])[2H])c2c1Cl. The third-order valence-electron chi connectivity index (χ3n) is 2.15. The van der Waals surface area contributed by atoms with E-state index in [9.17, 15) is 4.79 Å². The summed E-state index contributed by atoms with van der Waals surface area (Å²) in [5.74, 6) is -2.06. The Morgan fingerprint density at radius 2 is 2.53 bits per heavy atom. The first-order valence-corrected chi connectivity index (χ1v) is 5.87. The molecule has 0 N–H and O–H groups in total. The van der Waals surface area contributed by atoms with Crippen LogP contribution in [0.15, 0.2) is 22.7 Å². The molecule has 0 aliphatic rings. The lowest BCUT2D eigenvalue weighted by Gasteiger charge is -2.11. The zero-order valence-electron chi connectivity index (χ0n) is 18.1. The summed E-state index contributed by atoms with van der Waals surface area (Å²) in [6, 6.07) is -1.13. The maximum atomic E-state index is 12.3. The van der Waals surface area contributed by atoms with Crippen molar-refractivity contribution >= 4 is 44.4 Å². The number of halogens is 2. The standard InChI is InChI=1S/C13H11BrClNO3/c1-3-19-13(17)7-6-16-12-8(14)4-5-9(18-2)10(12)11(7)15/h4-6H,3H2,1-2H3/i1D,2D3,3D2,4D,5D,6D. The predicted molar refractivity (Wildman–Crippen MR) is 77.0 cm³/mol. The smallest absolute Gasteiger partial charge is 0.341 e. The Balaban J connectivity index is 2.86. The zero-order chi connectivity index (χ0) is 21.6. The number of methoxy groups -OCH3 is 1. The number of nitrogens with zero attached hydrogens (tertiary/aromatic N) is 1. The van der Waals surface area contributed by atoms with Crippen molar-refractivity contribution in [1.82, 2.24) is 4.98 Å². The molecule has 0 unspecified atom stereocenters. The van der Waals surface area contributed by atoms with Gasteiger partial charge in [0.1, 0.15) is 5.75 Å². The van der Waals surface area contributed by atoms with Gasteiger partial charge in [-0.25, -0.2) is 4.79 Å². The quantitative estimate of drug-likeness (QED) is 0.787. The maximum Gasteiger partial charge on any atom is 0.341 e. The molecule has 1 aromatic heterocycles. The van der Waals surface area contributed by atoms with Crippen molar-refractivity contribution in [1.29, 1.82) is 0 Å². The molecule has 1 aromatic carbocycles. The molecule has 0 aliphatic heterocycles. The van der Waals surface area contributed by atoms with Crippen LogP contribution in [0.4, 0.5) is 0 Å². The van der Waals surface area contributed by atoms with E-state index in [1.165, 1.54) is 0 Å². The van der Waals surface area contributed by atoms with Gasteiger partial charge >= 0.3 is 5.97 Å². The highest BCUT2D eigenvalue weighted by Gasteiger charge is 2.18. The average Bonchev–Trinajstić information content (AvgIpc) is 2.55. The monoisotopic (exact) mass is 352 g/mol. The van der Waals surface area contributed by atoms with Crippen molar-refractivity contribution in [3.63, 3.8) is 0 Å². The summed E-state index contributed by atoms with van der Waals surface area (Å²) in [6.07, 6.45) is -0.735. The van der Waals surface area contributed by atoms with Gasteiger partial charge in [-0.05, 0) is 34.9 Å². The number of benzene rings is 1. The van der Waals surface area contributed by atoms with Crippen molar-refractivity contribution in [2.24, 2.45) is 0 Å². The van der Waals surface area contributed by atoms with Crippen LogP contribution in [-0.4, -0.2) is 24.6 Å². The molecule has 6 heteroatoms. The van der Waals surface area contributed by atoms with Crippen LogP contribution in [0, 0.1) is 0 Å². The molecule has 4 nitrogen and oxygen atoms in total. The van der Waals surface area contributed by atoms with Gasteiger partial charge in [0.25, 0.3) is 0 Å². The number of fused-ring (bicyclic) bond motifs is 1. The van der Waals surface area contributed by atoms with Crippen LogP contribution in [-0.2, 0) is 4.74 Å². The predicted octanol–water partition coefficient (Wildman–Crippen LogP) is 3.84. The van der Waals surface area contributed by atoms with Gasteiger partial charge in [0.2, 0.25) is 0 Å². The number of hydrogen-bond donors (Lipinski definition) is 0. The first-order chi connectivity index (χ1) is 12.7. The molecule has 0 atom stereocenters. The molecule has 2 aromatic rings. The fourth-order valence-electron chi connectivity index (χ4n) is 1.37. The van der Waals surface area contributed by atoms with Gasteiger partial charge in [-0.1, -0.05) is 11.6 Å². The maximum absolute atomic E-state index is 12.3. The number of aromatic nitrogens is 1. The molecule has 19 heavy (non-hydrogen) atoms. The minimum Gasteiger partial charge on any atom is -0.496 e. The second-order valence-corrected chi connectivity index (χ2v) is 4.34. The summed E-state index contributed by atoms with van der Waals surface area (Å²) in [4.78, 5) is 16.1.